The molecule has 0 atom stereocenters. The number of ether oxygens (including phenoxy) is 6. The molecule has 63 heavy (non-hydrogen) atoms. The molecule has 1 aromatic carbocycles. The van der Waals surface area contributed by atoms with Gasteiger partial charge in [-0.2, -0.15) is 0 Å². The summed E-state index contributed by atoms with van der Waals surface area (Å²) in [6.07, 6.45) is 25.5. The van der Waals surface area contributed by atoms with Crippen molar-refractivity contribution in [2.45, 2.75) is 174 Å². The lowest BCUT2D eigenvalue weighted by molar-refractivity contribution is -0.122. The second-order valence-corrected chi connectivity index (χ2v) is 16.4. The summed E-state index contributed by atoms with van der Waals surface area (Å²) in [5, 5.41) is 14.6. The highest BCUT2D eigenvalue weighted by atomic mass is 16.5. The highest BCUT2D eigenvalue weighted by Crippen LogP contribution is 2.25. The average Bonchev–Trinajstić information content (AvgIpc) is 3.74. The van der Waals surface area contributed by atoms with Gasteiger partial charge in [-0.15, -0.1) is 5.10 Å². The number of nitrogens with zero attached hydrogens (tertiary/aromatic N) is 3. The molecule has 0 aliphatic rings. The first-order valence-corrected chi connectivity index (χ1v) is 24.6. The maximum absolute atomic E-state index is 13.2. The van der Waals surface area contributed by atoms with Crippen molar-refractivity contribution < 1.29 is 42.8 Å². The zero-order valence-electron chi connectivity index (χ0n) is 39.6. The Kier molecular flexibility index (Phi) is 35.0. The molecule has 14 heteroatoms. The molecule has 0 aliphatic carbocycles. The molecule has 0 bridgehead atoms. The molecular formula is C49H85N5O9. The van der Waals surface area contributed by atoms with Crippen LogP contribution >= 0.6 is 0 Å². The zero-order valence-corrected chi connectivity index (χ0v) is 39.6. The molecule has 0 radical (unpaired) electrons. The van der Waals surface area contributed by atoms with Gasteiger partial charge in [0.2, 0.25) is 11.8 Å². The quantitative estimate of drug-likeness (QED) is 0.0482. The Balaban J connectivity index is 1.67. The summed E-state index contributed by atoms with van der Waals surface area (Å²) >= 11 is 0. The summed E-state index contributed by atoms with van der Waals surface area (Å²) < 4.78 is 35.6. The van der Waals surface area contributed by atoms with Crippen LogP contribution < -0.4 is 20.1 Å². The number of hydrogen-bond acceptors (Lipinski definition) is 11. The van der Waals surface area contributed by atoms with Crippen LogP contribution in [0.3, 0.4) is 0 Å². The molecule has 0 aliphatic heterocycles. The Morgan fingerprint density at radius 1 is 0.556 bits per heavy atom. The van der Waals surface area contributed by atoms with Crippen LogP contribution in [0.25, 0.3) is 0 Å². The summed E-state index contributed by atoms with van der Waals surface area (Å²) in [7, 11) is 1.66. The van der Waals surface area contributed by atoms with Crippen molar-refractivity contribution in [3.8, 4) is 11.5 Å². The van der Waals surface area contributed by atoms with Crippen molar-refractivity contribution in [1.29, 1.82) is 0 Å². The zero-order chi connectivity index (χ0) is 45.3. The van der Waals surface area contributed by atoms with Crippen molar-refractivity contribution in [2.75, 3.05) is 73.1 Å². The van der Waals surface area contributed by atoms with Gasteiger partial charge in [-0.3, -0.25) is 9.59 Å². The Hall–Kier alpha value is -3.75. The van der Waals surface area contributed by atoms with Gasteiger partial charge in [0.25, 0.3) is 0 Å². The Bertz CT molecular complexity index is 1370. The van der Waals surface area contributed by atoms with E-state index >= 15 is 0 Å². The molecule has 2 aromatic rings. The minimum Gasteiger partial charge on any atom is -0.493 e. The van der Waals surface area contributed by atoms with Gasteiger partial charge in [0.1, 0.15) is 11.5 Å². The average molecular weight is 888 g/mol. The van der Waals surface area contributed by atoms with E-state index in [1.54, 1.807) is 19.2 Å². The summed E-state index contributed by atoms with van der Waals surface area (Å²) in [6.45, 7) is 10.7. The van der Waals surface area contributed by atoms with Crippen LogP contribution in [0, 0.1) is 0 Å². The van der Waals surface area contributed by atoms with Gasteiger partial charge in [-0.1, -0.05) is 89.7 Å². The first-order valence-electron chi connectivity index (χ1n) is 24.6. The number of aromatic nitrogens is 3. The Morgan fingerprint density at radius 2 is 1.06 bits per heavy atom. The van der Waals surface area contributed by atoms with Crippen LogP contribution in [0.1, 0.15) is 178 Å². The molecule has 2 rings (SSSR count). The van der Waals surface area contributed by atoms with E-state index in [2.05, 4.69) is 34.8 Å². The number of unbranched alkanes of at least 4 members (excludes halogenated alkanes) is 16. The molecule has 360 valence electrons. The van der Waals surface area contributed by atoms with Gasteiger partial charge >= 0.3 is 5.97 Å². The molecule has 0 spiro atoms. The van der Waals surface area contributed by atoms with Crippen LogP contribution in [-0.4, -0.2) is 106 Å². The maximum Gasteiger partial charge on any atom is 0.338 e. The van der Waals surface area contributed by atoms with Gasteiger partial charge in [0.05, 0.1) is 70.7 Å². The highest BCUT2D eigenvalue weighted by Gasteiger charge is 2.13. The lowest BCUT2D eigenvalue weighted by Gasteiger charge is -2.13. The van der Waals surface area contributed by atoms with Crippen molar-refractivity contribution in [3.63, 3.8) is 0 Å². The van der Waals surface area contributed by atoms with Crippen LogP contribution in [0.2, 0.25) is 0 Å². The highest BCUT2D eigenvalue weighted by molar-refractivity contribution is 5.90. The molecule has 0 saturated heterocycles. The Morgan fingerprint density at radius 3 is 1.65 bits per heavy atom. The maximum atomic E-state index is 13.2. The monoisotopic (exact) mass is 888 g/mol. The summed E-state index contributed by atoms with van der Waals surface area (Å²) in [6, 6.07) is 5.27. The molecule has 0 unspecified atom stereocenters. The van der Waals surface area contributed by atoms with E-state index in [4.69, 9.17) is 28.4 Å². The molecular weight excluding hydrogens is 803 g/mol. The van der Waals surface area contributed by atoms with Gasteiger partial charge in [-0.05, 0) is 82.8 Å². The number of nitrogens with one attached hydrogen (secondary N) is 2. The third-order valence-corrected chi connectivity index (χ3v) is 10.6. The van der Waals surface area contributed by atoms with E-state index in [1.807, 2.05) is 16.9 Å². The second-order valence-electron chi connectivity index (χ2n) is 16.4. The number of esters is 1. The molecule has 2 amide bonds. The molecule has 0 fully saturated rings. The fraction of sp³-hybridized carbons (Fsp3) is 0.776. The lowest BCUT2D eigenvalue weighted by Crippen LogP contribution is -2.23. The largest absolute Gasteiger partial charge is 0.493 e. The van der Waals surface area contributed by atoms with Crippen LogP contribution in [0.4, 0.5) is 0 Å². The molecule has 14 nitrogen and oxygen atoms in total. The van der Waals surface area contributed by atoms with E-state index < -0.39 is 0 Å². The third kappa shape index (κ3) is 31.7. The van der Waals surface area contributed by atoms with Crippen LogP contribution in [0.15, 0.2) is 24.4 Å². The number of methoxy groups -OCH3 is 1. The number of hydrogen-bond donors (Lipinski definition) is 2. The van der Waals surface area contributed by atoms with Crippen molar-refractivity contribution in [3.05, 3.63) is 35.7 Å². The molecule has 1 aromatic heterocycles. The van der Waals surface area contributed by atoms with Gasteiger partial charge in [-0.25, -0.2) is 9.48 Å². The van der Waals surface area contributed by atoms with E-state index in [0.29, 0.717) is 89.3 Å². The number of carbonyl (C=O) groups is 3. The number of rotatable bonds is 44. The number of amides is 2. The summed E-state index contributed by atoms with van der Waals surface area (Å²) in [5.41, 5.74) is 1.42. The standard InChI is InChI=1S/C49H85N5O9/c1-4-6-8-20-28-50-47(55)26-18-15-23-31-61-45-39-43(40-46(41-45)62-32-24-16-19-27-48(56)51-29-21-9-7-5-2)49(57)63-33-22-14-12-10-11-13-17-25-44-42-54(53-52-44)30-34-59-37-38-60-36-35-58-3/h39-42H,4-38H2,1-3H3,(H,50,55)(H,51,56). The SMILES string of the molecule is CCCCCCNC(=O)CCCCCOc1cc(OCCCCCC(=O)NCCCCCC)cc(C(=O)OCCCCCCCCCc2cn(CCOCCOCCOC)nn2)c1. The van der Waals surface area contributed by atoms with E-state index in [-0.39, 0.29) is 17.8 Å². The van der Waals surface area contributed by atoms with E-state index in [9.17, 15) is 14.4 Å². The van der Waals surface area contributed by atoms with Crippen molar-refractivity contribution in [2.24, 2.45) is 0 Å². The minimum atomic E-state index is -0.389. The van der Waals surface area contributed by atoms with E-state index in [0.717, 1.165) is 134 Å². The summed E-state index contributed by atoms with van der Waals surface area (Å²) in [4.78, 5) is 37.5. The molecule has 0 saturated carbocycles. The van der Waals surface area contributed by atoms with Gasteiger partial charge in [0, 0.05) is 45.3 Å². The number of benzene rings is 1. The normalized spacial score (nSPS) is 11.2. The first-order chi connectivity index (χ1) is 30.9. The predicted molar refractivity (Wildman–Crippen MR) is 249 cm³/mol. The smallest absolute Gasteiger partial charge is 0.338 e. The van der Waals surface area contributed by atoms with Gasteiger partial charge < -0.3 is 39.1 Å². The number of carbonyl (C=O) groups excluding carboxylic acids is 3. The van der Waals surface area contributed by atoms with E-state index in [1.165, 1.54) is 25.7 Å². The molecule has 2 N–H and O–H groups in total. The summed E-state index contributed by atoms with van der Waals surface area (Å²) in [5.74, 6) is 0.958. The Labute approximate surface area is 380 Å². The molecule has 1 heterocycles. The topological polar surface area (TPSA) is 161 Å². The predicted octanol–water partition coefficient (Wildman–Crippen LogP) is 9.36. The number of aryl methyl sites for hydroxylation is 1. The van der Waals surface area contributed by atoms with Crippen molar-refractivity contribution >= 4 is 17.8 Å². The van der Waals surface area contributed by atoms with Crippen molar-refractivity contribution in [1.82, 2.24) is 25.6 Å². The fourth-order valence-electron chi connectivity index (χ4n) is 6.83. The van der Waals surface area contributed by atoms with Crippen LogP contribution in [-0.2, 0) is 41.5 Å². The van der Waals surface area contributed by atoms with Crippen LogP contribution in [0.5, 0.6) is 11.5 Å². The minimum absolute atomic E-state index is 0.113. The first kappa shape index (κ1) is 55.4. The third-order valence-electron chi connectivity index (χ3n) is 10.6. The lowest BCUT2D eigenvalue weighted by atomic mass is 10.1. The second kappa shape index (κ2) is 39.8. The fourth-order valence-corrected chi connectivity index (χ4v) is 6.83. The van der Waals surface area contributed by atoms with Gasteiger partial charge in [0.15, 0.2) is 0 Å².